The number of rotatable bonds is 9. The molecule has 3 heteroatoms. The first kappa shape index (κ1) is 40.1. The molecule has 0 saturated heterocycles. The number of anilines is 3. The molecule has 69 heavy (non-hydrogen) atoms. The molecule has 13 aromatic rings. The molecule has 13 rings (SSSR count). The molecule has 0 fully saturated rings. The summed E-state index contributed by atoms with van der Waals surface area (Å²) < 4.78 is 9.01. The van der Waals surface area contributed by atoms with Crippen LogP contribution in [-0.4, -0.2) is 4.57 Å². The lowest BCUT2D eigenvalue weighted by Gasteiger charge is -2.26. The number of furan rings is 1. The quantitative estimate of drug-likeness (QED) is 0.144. The second-order valence-electron chi connectivity index (χ2n) is 17.7. The molecule has 2 heterocycles. The van der Waals surface area contributed by atoms with Crippen molar-refractivity contribution in [2.75, 3.05) is 4.90 Å². The second kappa shape index (κ2) is 16.9. The molecule has 0 aliphatic rings. The minimum absolute atomic E-state index is 0.894. The normalized spacial score (nSPS) is 11.5. The van der Waals surface area contributed by atoms with Crippen molar-refractivity contribution in [3.8, 4) is 61.3 Å². The van der Waals surface area contributed by atoms with Crippen LogP contribution in [0, 0.1) is 0 Å². The lowest BCUT2D eigenvalue weighted by Crippen LogP contribution is -2.09. The first-order valence-corrected chi connectivity index (χ1v) is 23.6. The minimum Gasteiger partial charge on any atom is -0.455 e. The molecule has 0 aliphatic heterocycles. The topological polar surface area (TPSA) is 21.3 Å². The average Bonchev–Trinajstić information content (AvgIpc) is 3.98. The number of nitrogens with zero attached hydrogens (tertiary/aromatic N) is 2. The molecule has 0 spiro atoms. The zero-order valence-corrected chi connectivity index (χ0v) is 37.7. The van der Waals surface area contributed by atoms with Crippen molar-refractivity contribution >= 4 is 60.8 Å². The van der Waals surface area contributed by atoms with Crippen molar-refractivity contribution in [1.29, 1.82) is 0 Å². The zero-order chi connectivity index (χ0) is 45.7. The molecular weight excluding hydrogens is 837 g/mol. The van der Waals surface area contributed by atoms with Gasteiger partial charge in [-0.05, 0) is 141 Å². The molecule has 0 amide bonds. The van der Waals surface area contributed by atoms with Gasteiger partial charge in [0.05, 0.1) is 11.0 Å². The molecule has 0 aliphatic carbocycles. The first-order chi connectivity index (χ1) is 34.2. The Kier molecular flexibility index (Phi) is 9.84. The smallest absolute Gasteiger partial charge is 0.143 e. The third-order valence-corrected chi connectivity index (χ3v) is 13.6. The van der Waals surface area contributed by atoms with Crippen LogP contribution in [-0.2, 0) is 0 Å². The Balaban J connectivity index is 0.885. The van der Waals surface area contributed by atoms with E-state index in [2.05, 4.69) is 270 Å². The van der Waals surface area contributed by atoms with E-state index in [1.165, 1.54) is 32.9 Å². The van der Waals surface area contributed by atoms with Crippen LogP contribution >= 0.6 is 0 Å². The standard InChI is InChI=1S/C66H44N2O/c1-4-15-45(16-5-1)47-31-36-56(37-32-47)67(54-17-6-2-7-18-54)57-38-33-48(34-39-57)46-27-29-49(30-28-46)51-41-52(43-53(42-51)58-23-14-24-61-60-22-11-13-26-65(60)69-66(58)61)50-35-40-64-62(44-50)59-21-10-12-25-63(59)68(64)55-19-8-3-9-20-55/h1-44H. The van der Waals surface area contributed by atoms with Gasteiger partial charge in [0.25, 0.3) is 0 Å². The largest absolute Gasteiger partial charge is 0.455 e. The Morgan fingerprint density at radius 1 is 0.275 bits per heavy atom. The Labute approximate surface area is 401 Å². The van der Waals surface area contributed by atoms with E-state index >= 15 is 0 Å². The summed E-state index contributed by atoms with van der Waals surface area (Å²) in [5.41, 5.74) is 20.1. The SMILES string of the molecule is c1ccc(-c2ccc(N(c3ccccc3)c3ccc(-c4ccc(-c5cc(-c6ccc7c(c6)c6ccccc6n7-c6ccccc6)cc(-c6cccc7c6oc6ccccc67)c5)cc4)cc3)cc2)cc1. The summed E-state index contributed by atoms with van der Waals surface area (Å²) in [4.78, 5) is 2.32. The molecule has 0 atom stereocenters. The van der Waals surface area contributed by atoms with E-state index in [1.807, 2.05) is 6.07 Å². The number of benzene rings is 11. The van der Waals surface area contributed by atoms with Crippen LogP contribution < -0.4 is 4.90 Å². The summed E-state index contributed by atoms with van der Waals surface area (Å²) in [6, 6.07) is 96.0. The van der Waals surface area contributed by atoms with Crippen LogP contribution in [0.4, 0.5) is 17.1 Å². The van der Waals surface area contributed by atoms with E-state index in [-0.39, 0.29) is 0 Å². The van der Waals surface area contributed by atoms with Crippen molar-refractivity contribution < 1.29 is 4.42 Å². The average molecular weight is 881 g/mol. The summed E-state index contributed by atoms with van der Waals surface area (Å²) in [7, 11) is 0. The summed E-state index contributed by atoms with van der Waals surface area (Å²) in [5, 5.41) is 4.70. The third kappa shape index (κ3) is 7.25. The van der Waals surface area contributed by atoms with Gasteiger partial charge in [0.15, 0.2) is 0 Å². The van der Waals surface area contributed by atoms with Gasteiger partial charge in [0.2, 0.25) is 0 Å². The lowest BCUT2D eigenvalue weighted by atomic mass is 9.91. The maximum Gasteiger partial charge on any atom is 0.143 e. The van der Waals surface area contributed by atoms with E-state index in [4.69, 9.17) is 4.42 Å². The molecule has 11 aromatic carbocycles. The summed E-state index contributed by atoms with van der Waals surface area (Å²) in [6.07, 6.45) is 0. The summed E-state index contributed by atoms with van der Waals surface area (Å²) in [6.45, 7) is 0. The highest BCUT2D eigenvalue weighted by atomic mass is 16.3. The third-order valence-electron chi connectivity index (χ3n) is 13.6. The Bertz CT molecular complexity index is 3960. The number of fused-ring (bicyclic) bond motifs is 6. The molecule has 324 valence electrons. The number of hydrogen-bond acceptors (Lipinski definition) is 2. The van der Waals surface area contributed by atoms with E-state index < -0.39 is 0 Å². The van der Waals surface area contributed by atoms with E-state index in [0.717, 1.165) is 89.2 Å². The van der Waals surface area contributed by atoms with Crippen LogP contribution in [0.1, 0.15) is 0 Å². The van der Waals surface area contributed by atoms with Crippen LogP contribution in [0.3, 0.4) is 0 Å². The molecule has 0 N–H and O–H groups in total. The maximum absolute atomic E-state index is 6.63. The van der Waals surface area contributed by atoms with Gasteiger partial charge in [-0.1, -0.05) is 176 Å². The number of hydrogen-bond donors (Lipinski definition) is 0. The van der Waals surface area contributed by atoms with Gasteiger partial charge in [-0.15, -0.1) is 0 Å². The van der Waals surface area contributed by atoms with Crippen LogP contribution in [0.2, 0.25) is 0 Å². The molecule has 0 saturated carbocycles. The highest BCUT2D eigenvalue weighted by Gasteiger charge is 2.18. The maximum atomic E-state index is 6.63. The predicted octanol–water partition coefficient (Wildman–Crippen LogP) is 18.5. The fourth-order valence-electron chi connectivity index (χ4n) is 10.2. The van der Waals surface area contributed by atoms with Gasteiger partial charge in [0.1, 0.15) is 11.2 Å². The van der Waals surface area contributed by atoms with Crippen molar-refractivity contribution in [1.82, 2.24) is 4.57 Å². The van der Waals surface area contributed by atoms with E-state index in [0.29, 0.717) is 0 Å². The number of para-hydroxylation sites is 5. The van der Waals surface area contributed by atoms with Gasteiger partial charge >= 0.3 is 0 Å². The fraction of sp³-hybridized carbons (Fsp3) is 0. The molecule has 0 unspecified atom stereocenters. The van der Waals surface area contributed by atoms with Crippen LogP contribution in [0.5, 0.6) is 0 Å². The predicted molar refractivity (Wildman–Crippen MR) is 290 cm³/mol. The molecule has 3 nitrogen and oxygen atoms in total. The molecular formula is C66H44N2O. The Hall–Kier alpha value is -9.18. The van der Waals surface area contributed by atoms with Crippen molar-refractivity contribution in [3.63, 3.8) is 0 Å². The van der Waals surface area contributed by atoms with Crippen molar-refractivity contribution in [3.05, 3.63) is 267 Å². The Morgan fingerprint density at radius 3 is 1.42 bits per heavy atom. The van der Waals surface area contributed by atoms with E-state index in [1.54, 1.807) is 0 Å². The fourth-order valence-corrected chi connectivity index (χ4v) is 10.2. The summed E-state index contributed by atoms with van der Waals surface area (Å²) >= 11 is 0. The van der Waals surface area contributed by atoms with Crippen molar-refractivity contribution in [2.24, 2.45) is 0 Å². The molecule has 0 radical (unpaired) electrons. The second-order valence-corrected chi connectivity index (χ2v) is 17.7. The van der Waals surface area contributed by atoms with E-state index in [9.17, 15) is 0 Å². The van der Waals surface area contributed by atoms with Gasteiger partial charge in [-0.3, -0.25) is 0 Å². The highest BCUT2D eigenvalue weighted by Crippen LogP contribution is 2.42. The van der Waals surface area contributed by atoms with Gasteiger partial charge in [-0.2, -0.15) is 0 Å². The minimum atomic E-state index is 0.894. The van der Waals surface area contributed by atoms with Crippen molar-refractivity contribution in [2.45, 2.75) is 0 Å². The van der Waals surface area contributed by atoms with Gasteiger partial charge in [-0.25, -0.2) is 0 Å². The number of aromatic nitrogens is 1. The Morgan fingerprint density at radius 2 is 0.739 bits per heavy atom. The lowest BCUT2D eigenvalue weighted by molar-refractivity contribution is 0.670. The van der Waals surface area contributed by atoms with Gasteiger partial charge < -0.3 is 13.9 Å². The molecule has 2 aromatic heterocycles. The monoisotopic (exact) mass is 880 g/mol. The molecule has 0 bridgehead atoms. The first-order valence-electron chi connectivity index (χ1n) is 23.6. The van der Waals surface area contributed by atoms with Crippen LogP contribution in [0.25, 0.3) is 105 Å². The van der Waals surface area contributed by atoms with Gasteiger partial charge in [0, 0.05) is 49.9 Å². The van der Waals surface area contributed by atoms with Crippen LogP contribution in [0.15, 0.2) is 271 Å². The zero-order valence-electron chi connectivity index (χ0n) is 37.7. The highest BCUT2D eigenvalue weighted by molar-refractivity contribution is 6.12. The summed E-state index contributed by atoms with van der Waals surface area (Å²) in [5.74, 6) is 0.